The van der Waals surface area contributed by atoms with Crippen LogP contribution in [0.1, 0.15) is 30.2 Å². The van der Waals surface area contributed by atoms with E-state index >= 15 is 0 Å². The van der Waals surface area contributed by atoms with Gasteiger partial charge in [-0.05, 0) is 35.1 Å². The second-order valence-corrected chi connectivity index (χ2v) is 6.03. The maximum atomic E-state index is 11.8. The van der Waals surface area contributed by atoms with Gasteiger partial charge in [-0.3, -0.25) is 9.59 Å². The number of benzene rings is 1. The molecule has 0 bridgehead atoms. The third-order valence-corrected chi connectivity index (χ3v) is 3.92. The van der Waals surface area contributed by atoms with E-state index in [2.05, 4.69) is 24.5 Å². The molecule has 0 saturated carbocycles. The summed E-state index contributed by atoms with van der Waals surface area (Å²) in [5, 5.41) is 7.11. The highest BCUT2D eigenvalue weighted by atomic mass is 32.1. The van der Waals surface area contributed by atoms with E-state index in [9.17, 15) is 9.59 Å². The molecular weight excluding hydrogens is 284 g/mol. The summed E-state index contributed by atoms with van der Waals surface area (Å²) in [6.45, 7) is 4.58. The molecule has 0 spiro atoms. The highest BCUT2D eigenvalue weighted by molar-refractivity contribution is 7.09. The first-order valence-electron chi connectivity index (χ1n) is 6.78. The average molecular weight is 302 g/mol. The molecule has 110 valence electrons. The Morgan fingerprint density at radius 3 is 2.38 bits per heavy atom. The zero-order valence-corrected chi connectivity index (χ0v) is 12.9. The number of hydrogen-bond donors (Lipinski definition) is 2. The summed E-state index contributed by atoms with van der Waals surface area (Å²) in [5.41, 5.74) is 1.81. The lowest BCUT2D eigenvalue weighted by atomic mass is 10.0. The van der Waals surface area contributed by atoms with Gasteiger partial charge in [0.2, 0.25) is 0 Å². The van der Waals surface area contributed by atoms with Gasteiger partial charge in [-0.2, -0.15) is 0 Å². The van der Waals surface area contributed by atoms with E-state index < -0.39 is 11.8 Å². The molecule has 1 aromatic heterocycles. The molecule has 2 N–H and O–H groups in total. The van der Waals surface area contributed by atoms with Gasteiger partial charge in [0.15, 0.2) is 0 Å². The molecule has 0 saturated heterocycles. The van der Waals surface area contributed by atoms with E-state index in [4.69, 9.17) is 0 Å². The number of carbonyl (C=O) groups excluding carboxylic acids is 2. The SMILES string of the molecule is CC(C)c1ccc(NC(=O)C(=O)NCc2cccs2)cc1. The molecule has 1 heterocycles. The number of hydrogen-bond acceptors (Lipinski definition) is 3. The van der Waals surface area contributed by atoms with Crippen LogP contribution in [0.3, 0.4) is 0 Å². The van der Waals surface area contributed by atoms with Gasteiger partial charge < -0.3 is 10.6 Å². The lowest BCUT2D eigenvalue weighted by Gasteiger charge is -2.08. The van der Waals surface area contributed by atoms with Crippen LogP contribution in [0.5, 0.6) is 0 Å². The van der Waals surface area contributed by atoms with Gasteiger partial charge in [-0.1, -0.05) is 32.0 Å². The summed E-state index contributed by atoms with van der Waals surface area (Å²) in [4.78, 5) is 24.5. The molecular formula is C16H18N2O2S. The van der Waals surface area contributed by atoms with Gasteiger partial charge in [-0.25, -0.2) is 0 Å². The van der Waals surface area contributed by atoms with Crippen LogP contribution >= 0.6 is 11.3 Å². The van der Waals surface area contributed by atoms with Crippen LogP contribution in [-0.2, 0) is 16.1 Å². The number of carbonyl (C=O) groups is 2. The maximum Gasteiger partial charge on any atom is 0.313 e. The Balaban J connectivity index is 1.86. The fourth-order valence-electron chi connectivity index (χ4n) is 1.80. The average Bonchev–Trinajstić information content (AvgIpc) is 2.98. The predicted octanol–water partition coefficient (Wildman–Crippen LogP) is 3.13. The molecule has 2 amide bonds. The van der Waals surface area contributed by atoms with Crippen molar-refractivity contribution in [3.8, 4) is 0 Å². The van der Waals surface area contributed by atoms with Crippen molar-refractivity contribution in [2.24, 2.45) is 0 Å². The fraction of sp³-hybridized carbons (Fsp3) is 0.250. The first-order valence-corrected chi connectivity index (χ1v) is 7.65. The van der Waals surface area contributed by atoms with Gasteiger partial charge in [0.05, 0.1) is 6.54 Å². The number of thiophene rings is 1. The Kier molecular flexibility index (Phi) is 5.11. The van der Waals surface area contributed by atoms with Crippen molar-refractivity contribution in [3.05, 3.63) is 52.2 Å². The Hall–Kier alpha value is -2.14. The molecule has 2 aromatic rings. The van der Waals surface area contributed by atoms with Crippen molar-refractivity contribution in [2.75, 3.05) is 5.32 Å². The quantitative estimate of drug-likeness (QED) is 0.853. The van der Waals surface area contributed by atoms with Crippen molar-refractivity contribution < 1.29 is 9.59 Å². The van der Waals surface area contributed by atoms with Crippen LogP contribution in [0.15, 0.2) is 41.8 Å². The highest BCUT2D eigenvalue weighted by Gasteiger charge is 2.13. The van der Waals surface area contributed by atoms with Crippen molar-refractivity contribution in [1.29, 1.82) is 0 Å². The minimum Gasteiger partial charge on any atom is -0.343 e. The van der Waals surface area contributed by atoms with Gasteiger partial charge in [0.1, 0.15) is 0 Å². The van der Waals surface area contributed by atoms with Gasteiger partial charge in [0, 0.05) is 10.6 Å². The minimum absolute atomic E-state index is 0.371. The molecule has 1 aromatic carbocycles. The number of rotatable bonds is 4. The summed E-state index contributed by atoms with van der Waals surface area (Å²) in [5.74, 6) is -0.843. The first-order chi connectivity index (χ1) is 10.1. The summed E-state index contributed by atoms with van der Waals surface area (Å²) in [6, 6.07) is 11.3. The maximum absolute atomic E-state index is 11.8. The summed E-state index contributed by atoms with van der Waals surface area (Å²) < 4.78 is 0. The molecule has 0 fully saturated rings. The lowest BCUT2D eigenvalue weighted by Crippen LogP contribution is -2.34. The molecule has 5 heteroatoms. The van der Waals surface area contributed by atoms with Gasteiger partial charge >= 0.3 is 11.8 Å². The molecule has 0 unspecified atom stereocenters. The van der Waals surface area contributed by atoms with E-state index in [-0.39, 0.29) is 0 Å². The highest BCUT2D eigenvalue weighted by Crippen LogP contribution is 2.17. The van der Waals surface area contributed by atoms with Gasteiger partial charge in [-0.15, -0.1) is 11.3 Å². The van der Waals surface area contributed by atoms with Crippen LogP contribution in [0.2, 0.25) is 0 Å². The van der Waals surface area contributed by atoms with Crippen molar-refractivity contribution in [2.45, 2.75) is 26.3 Å². The molecule has 2 rings (SSSR count). The van der Waals surface area contributed by atoms with Crippen molar-refractivity contribution >= 4 is 28.8 Å². The predicted molar refractivity (Wildman–Crippen MR) is 85.3 cm³/mol. The number of amides is 2. The van der Waals surface area contributed by atoms with E-state index in [1.54, 1.807) is 12.1 Å². The van der Waals surface area contributed by atoms with Crippen LogP contribution in [0.4, 0.5) is 5.69 Å². The standard InChI is InChI=1S/C16H18N2O2S/c1-11(2)12-5-7-13(8-6-12)18-16(20)15(19)17-10-14-4-3-9-21-14/h3-9,11H,10H2,1-2H3,(H,17,19)(H,18,20). The number of anilines is 1. The Morgan fingerprint density at radius 2 is 1.81 bits per heavy atom. The lowest BCUT2D eigenvalue weighted by molar-refractivity contribution is -0.136. The topological polar surface area (TPSA) is 58.2 Å². The van der Waals surface area contributed by atoms with Crippen LogP contribution in [0, 0.1) is 0 Å². The van der Waals surface area contributed by atoms with Crippen molar-refractivity contribution in [3.63, 3.8) is 0 Å². The fourth-order valence-corrected chi connectivity index (χ4v) is 2.44. The normalized spacial score (nSPS) is 10.4. The third-order valence-electron chi connectivity index (χ3n) is 3.04. The number of nitrogens with one attached hydrogen (secondary N) is 2. The smallest absolute Gasteiger partial charge is 0.313 e. The van der Waals surface area contributed by atoms with E-state index in [1.165, 1.54) is 16.9 Å². The molecule has 0 aliphatic carbocycles. The molecule has 0 radical (unpaired) electrons. The zero-order chi connectivity index (χ0) is 15.2. The second kappa shape index (κ2) is 7.04. The van der Waals surface area contributed by atoms with Crippen LogP contribution in [-0.4, -0.2) is 11.8 Å². The zero-order valence-electron chi connectivity index (χ0n) is 12.1. The summed E-state index contributed by atoms with van der Waals surface area (Å²) >= 11 is 1.54. The van der Waals surface area contributed by atoms with Crippen LogP contribution < -0.4 is 10.6 Å². The van der Waals surface area contributed by atoms with Crippen molar-refractivity contribution in [1.82, 2.24) is 5.32 Å². The van der Waals surface area contributed by atoms with E-state index in [0.717, 1.165) is 4.88 Å². The summed E-state index contributed by atoms with van der Waals surface area (Å²) in [7, 11) is 0. The largest absolute Gasteiger partial charge is 0.343 e. The van der Waals surface area contributed by atoms with E-state index in [0.29, 0.717) is 18.2 Å². The minimum atomic E-state index is -0.649. The second-order valence-electron chi connectivity index (χ2n) is 4.99. The molecule has 0 aliphatic heterocycles. The molecule has 0 aliphatic rings. The third kappa shape index (κ3) is 4.43. The first kappa shape index (κ1) is 15.3. The Morgan fingerprint density at radius 1 is 1.10 bits per heavy atom. The monoisotopic (exact) mass is 302 g/mol. The van der Waals surface area contributed by atoms with E-state index in [1.807, 2.05) is 29.6 Å². The Bertz CT molecular complexity index is 604. The Labute approximate surface area is 128 Å². The van der Waals surface area contributed by atoms with Crippen LogP contribution in [0.25, 0.3) is 0 Å². The molecule has 21 heavy (non-hydrogen) atoms. The molecule has 0 atom stereocenters. The van der Waals surface area contributed by atoms with Gasteiger partial charge in [0.25, 0.3) is 0 Å². The summed E-state index contributed by atoms with van der Waals surface area (Å²) in [6.07, 6.45) is 0. The molecule has 4 nitrogen and oxygen atoms in total.